The van der Waals surface area contributed by atoms with Crippen LogP contribution in [-0.2, 0) is 16.0 Å². The van der Waals surface area contributed by atoms with Crippen molar-refractivity contribution in [3.63, 3.8) is 0 Å². The van der Waals surface area contributed by atoms with Crippen LogP contribution in [0.2, 0.25) is 0 Å². The Balaban J connectivity index is 1.45. The molecule has 2 aliphatic rings. The van der Waals surface area contributed by atoms with Crippen molar-refractivity contribution < 1.29 is 14.0 Å². The SMILES string of the molecule is c1cc(CNC2CCC3(CC2)OCCO3)on1. The molecule has 2 fully saturated rings. The molecule has 1 aliphatic carbocycles. The van der Waals surface area contributed by atoms with Crippen molar-refractivity contribution in [1.29, 1.82) is 0 Å². The lowest BCUT2D eigenvalue weighted by molar-refractivity contribution is -0.179. The first-order valence-electron chi connectivity index (χ1n) is 6.27. The van der Waals surface area contributed by atoms with E-state index in [1.807, 2.05) is 6.07 Å². The highest BCUT2D eigenvalue weighted by atomic mass is 16.7. The molecule has 1 aromatic heterocycles. The van der Waals surface area contributed by atoms with Crippen LogP contribution in [-0.4, -0.2) is 30.2 Å². The zero-order valence-electron chi connectivity index (χ0n) is 9.85. The van der Waals surface area contributed by atoms with Gasteiger partial charge in [0.2, 0.25) is 0 Å². The van der Waals surface area contributed by atoms with E-state index in [0.717, 1.165) is 51.2 Å². The van der Waals surface area contributed by atoms with Gasteiger partial charge in [-0.05, 0) is 12.8 Å². The first-order valence-corrected chi connectivity index (χ1v) is 6.27. The van der Waals surface area contributed by atoms with Gasteiger partial charge in [0.25, 0.3) is 0 Å². The predicted octanol–water partition coefficient (Wildman–Crippen LogP) is 1.45. The summed E-state index contributed by atoms with van der Waals surface area (Å²) in [6.45, 7) is 2.24. The molecule has 5 nitrogen and oxygen atoms in total. The zero-order chi connectivity index (χ0) is 11.6. The Labute approximate surface area is 100 Å². The number of hydrogen-bond acceptors (Lipinski definition) is 5. The van der Waals surface area contributed by atoms with Crippen LogP contribution in [0.15, 0.2) is 16.8 Å². The molecule has 3 rings (SSSR count). The molecule has 1 N–H and O–H groups in total. The van der Waals surface area contributed by atoms with Gasteiger partial charge in [0.15, 0.2) is 5.79 Å². The third kappa shape index (κ3) is 2.51. The maximum absolute atomic E-state index is 5.70. The summed E-state index contributed by atoms with van der Waals surface area (Å²) >= 11 is 0. The van der Waals surface area contributed by atoms with Crippen LogP contribution in [0, 0.1) is 0 Å². The lowest BCUT2D eigenvalue weighted by Crippen LogP contribution is -2.41. The molecule has 17 heavy (non-hydrogen) atoms. The quantitative estimate of drug-likeness (QED) is 0.863. The largest absolute Gasteiger partial charge is 0.360 e. The van der Waals surface area contributed by atoms with E-state index in [4.69, 9.17) is 14.0 Å². The number of nitrogens with one attached hydrogen (secondary N) is 1. The van der Waals surface area contributed by atoms with Crippen molar-refractivity contribution in [3.8, 4) is 0 Å². The van der Waals surface area contributed by atoms with Gasteiger partial charge in [-0.15, -0.1) is 0 Å². The molecule has 5 heteroatoms. The monoisotopic (exact) mass is 238 g/mol. The van der Waals surface area contributed by atoms with Gasteiger partial charge in [-0.25, -0.2) is 0 Å². The second-order valence-electron chi connectivity index (χ2n) is 4.74. The maximum Gasteiger partial charge on any atom is 0.168 e. The van der Waals surface area contributed by atoms with Crippen molar-refractivity contribution in [2.24, 2.45) is 0 Å². The van der Waals surface area contributed by atoms with Gasteiger partial charge in [0, 0.05) is 24.9 Å². The molecule has 94 valence electrons. The van der Waals surface area contributed by atoms with Crippen LogP contribution in [0.1, 0.15) is 31.4 Å². The molecule has 0 atom stereocenters. The first kappa shape index (κ1) is 11.2. The fourth-order valence-electron chi connectivity index (χ4n) is 2.63. The van der Waals surface area contributed by atoms with Crippen LogP contribution in [0.4, 0.5) is 0 Å². The van der Waals surface area contributed by atoms with Crippen LogP contribution < -0.4 is 5.32 Å². The second kappa shape index (κ2) is 4.76. The van der Waals surface area contributed by atoms with Gasteiger partial charge in [0.1, 0.15) is 5.76 Å². The van der Waals surface area contributed by atoms with Crippen molar-refractivity contribution in [3.05, 3.63) is 18.0 Å². The number of ether oxygens (including phenoxy) is 2. The van der Waals surface area contributed by atoms with E-state index >= 15 is 0 Å². The van der Waals surface area contributed by atoms with Crippen LogP contribution >= 0.6 is 0 Å². The highest BCUT2D eigenvalue weighted by Crippen LogP contribution is 2.35. The second-order valence-corrected chi connectivity index (χ2v) is 4.74. The molecule has 0 radical (unpaired) electrons. The molecule has 1 saturated heterocycles. The molecule has 2 heterocycles. The Hall–Kier alpha value is -0.910. The standard InChI is InChI=1S/C12H18N2O3/c1-4-12(15-7-8-16-12)5-2-10(1)13-9-11-3-6-14-17-11/h3,6,10,13H,1-2,4-5,7-9H2. The lowest BCUT2D eigenvalue weighted by Gasteiger charge is -2.35. The fourth-order valence-corrected chi connectivity index (χ4v) is 2.63. The van der Waals surface area contributed by atoms with E-state index in [0.29, 0.717) is 6.04 Å². The minimum absolute atomic E-state index is 0.260. The summed E-state index contributed by atoms with van der Waals surface area (Å²) in [6.07, 6.45) is 5.83. The summed E-state index contributed by atoms with van der Waals surface area (Å²) in [5.41, 5.74) is 0. The van der Waals surface area contributed by atoms with Crippen molar-refractivity contribution in [2.45, 2.75) is 44.1 Å². The van der Waals surface area contributed by atoms with Crippen LogP contribution in [0.25, 0.3) is 0 Å². The summed E-state index contributed by atoms with van der Waals surface area (Å²) in [4.78, 5) is 0. The fraction of sp³-hybridized carbons (Fsp3) is 0.750. The van der Waals surface area contributed by atoms with Gasteiger partial charge in [-0.2, -0.15) is 0 Å². The van der Waals surface area contributed by atoms with E-state index in [-0.39, 0.29) is 5.79 Å². The molecule has 0 bridgehead atoms. The van der Waals surface area contributed by atoms with Gasteiger partial charge >= 0.3 is 0 Å². The van der Waals surface area contributed by atoms with E-state index in [2.05, 4.69) is 10.5 Å². The minimum Gasteiger partial charge on any atom is -0.360 e. The number of rotatable bonds is 3. The van der Waals surface area contributed by atoms with Crippen molar-refractivity contribution in [2.75, 3.05) is 13.2 Å². The number of aromatic nitrogens is 1. The highest BCUT2D eigenvalue weighted by molar-refractivity contribution is 4.93. The average Bonchev–Trinajstić information content (AvgIpc) is 3.01. The lowest BCUT2D eigenvalue weighted by atomic mass is 9.90. The van der Waals surface area contributed by atoms with Gasteiger partial charge in [0.05, 0.1) is 26.0 Å². The number of hydrogen-bond donors (Lipinski definition) is 1. The molecular formula is C12H18N2O3. The first-order chi connectivity index (χ1) is 8.36. The molecule has 1 aromatic rings. The Morgan fingerprint density at radius 2 is 2.06 bits per heavy atom. The Kier molecular flexibility index (Phi) is 3.13. The molecule has 1 aliphatic heterocycles. The molecule has 0 amide bonds. The summed E-state index contributed by atoms with van der Waals surface area (Å²) in [6, 6.07) is 2.42. The molecule has 1 saturated carbocycles. The average molecular weight is 238 g/mol. The van der Waals surface area contributed by atoms with Crippen LogP contribution in [0.3, 0.4) is 0 Å². The highest BCUT2D eigenvalue weighted by Gasteiger charge is 2.40. The van der Waals surface area contributed by atoms with Gasteiger partial charge < -0.3 is 19.3 Å². The Morgan fingerprint density at radius 1 is 1.29 bits per heavy atom. The van der Waals surface area contributed by atoms with Gasteiger partial charge in [-0.1, -0.05) is 5.16 Å². The topological polar surface area (TPSA) is 56.5 Å². The van der Waals surface area contributed by atoms with E-state index in [9.17, 15) is 0 Å². The normalized spacial score (nSPS) is 24.5. The van der Waals surface area contributed by atoms with Crippen molar-refractivity contribution in [1.82, 2.24) is 10.5 Å². The molecule has 0 unspecified atom stereocenters. The zero-order valence-corrected chi connectivity index (χ0v) is 9.85. The summed E-state index contributed by atoms with van der Waals surface area (Å²) in [5.74, 6) is 0.628. The Bertz CT molecular complexity index is 337. The van der Waals surface area contributed by atoms with Crippen molar-refractivity contribution >= 4 is 0 Å². The molecular weight excluding hydrogens is 220 g/mol. The number of nitrogens with zero attached hydrogens (tertiary/aromatic N) is 1. The molecule has 1 spiro atoms. The predicted molar refractivity (Wildman–Crippen MR) is 60.2 cm³/mol. The van der Waals surface area contributed by atoms with Crippen LogP contribution in [0.5, 0.6) is 0 Å². The maximum atomic E-state index is 5.70. The minimum atomic E-state index is -0.260. The van der Waals surface area contributed by atoms with Gasteiger partial charge in [-0.3, -0.25) is 0 Å². The van der Waals surface area contributed by atoms with E-state index in [1.165, 1.54) is 0 Å². The third-order valence-electron chi connectivity index (χ3n) is 3.62. The summed E-state index contributed by atoms with van der Waals surface area (Å²) in [7, 11) is 0. The summed E-state index contributed by atoms with van der Waals surface area (Å²) in [5, 5.41) is 7.17. The summed E-state index contributed by atoms with van der Waals surface area (Å²) < 4.78 is 16.5. The van der Waals surface area contributed by atoms with E-state index < -0.39 is 0 Å². The Morgan fingerprint density at radius 3 is 2.71 bits per heavy atom. The van der Waals surface area contributed by atoms with E-state index in [1.54, 1.807) is 6.20 Å². The smallest absolute Gasteiger partial charge is 0.168 e. The third-order valence-corrected chi connectivity index (χ3v) is 3.62. The molecule has 0 aromatic carbocycles.